The van der Waals surface area contributed by atoms with Gasteiger partial charge in [-0.1, -0.05) is 18.2 Å². The Kier molecular flexibility index (Phi) is 4.39. The molecule has 1 aromatic carbocycles. The Morgan fingerprint density at radius 3 is 2.45 bits per heavy atom. The molecule has 0 aliphatic carbocycles. The Morgan fingerprint density at radius 1 is 1.10 bits per heavy atom. The Morgan fingerprint density at radius 2 is 1.80 bits per heavy atom. The van der Waals surface area contributed by atoms with Gasteiger partial charge in [0.1, 0.15) is 12.4 Å². The molecule has 0 spiro atoms. The number of para-hydroxylation sites is 1. The number of aromatic carboxylic acids is 1. The zero-order chi connectivity index (χ0) is 14.4. The number of nitrogens with one attached hydrogen (secondary N) is 1. The van der Waals surface area contributed by atoms with E-state index in [0.717, 1.165) is 0 Å². The molecule has 2 N–H and O–H groups in total. The van der Waals surface area contributed by atoms with Crippen LogP contribution in [0.4, 0.5) is 0 Å². The Hall–Kier alpha value is -2.76. The molecule has 6 nitrogen and oxygen atoms in total. The van der Waals surface area contributed by atoms with Crippen LogP contribution in [0.15, 0.2) is 46.9 Å². The van der Waals surface area contributed by atoms with E-state index in [0.29, 0.717) is 12.4 Å². The first-order valence-electron chi connectivity index (χ1n) is 5.96. The minimum atomic E-state index is -1.21. The van der Waals surface area contributed by atoms with Crippen molar-refractivity contribution in [1.82, 2.24) is 5.32 Å². The van der Waals surface area contributed by atoms with Gasteiger partial charge in [0.25, 0.3) is 5.91 Å². The molecule has 20 heavy (non-hydrogen) atoms. The van der Waals surface area contributed by atoms with Crippen molar-refractivity contribution in [3.05, 3.63) is 54.0 Å². The van der Waals surface area contributed by atoms with Crippen molar-refractivity contribution in [3.63, 3.8) is 0 Å². The first kappa shape index (κ1) is 13.7. The van der Waals surface area contributed by atoms with Crippen LogP contribution < -0.4 is 10.1 Å². The van der Waals surface area contributed by atoms with Crippen molar-refractivity contribution in [2.75, 3.05) is 13.2 Å². The highest BCUT2D eigenvalue weighted by Crippen LogP contribution is 2.08. The van der Waals surface area contributed by atoms with Gasteiger partial charge in [-0.15, -0.1) is 0 Å². The maximum atomic E-state index is 11.6. The summed E-state index contributed by atoms with van der Waals surface area (Å²) >= 11 is 0. The number of amides is 1. The van der Waals surface area contributed by atoms with E-state index in [4.69, 9.17) is 14.3 Å². The summed E-state index contributed by atoms with van der Waals surface area (Å²) in [5.74, 6) is -1.28. The van der Waals surface area contributed by atoms with Gasteiger partial charge >= 0.3 is 5.97 Å². The molecule has 6 heteroatoms. The highest BCUT2D eigenvalue weighted by atomic mass is 16.5. The van der Waals surface area contributed by atoms with Gasteiger partial charge in [-0.25, -0.2) is 4.79 Å². The second-order valence-corrected chi connectivity index (χ2v) is 3.89. The topological polar surface area (TPSA) is 88.8 Å². The number of rotatable bonds is 6. The average molecular weight is 275 g/mol. The first-order chi connectivity index (χ1) is 9.66. The predicted molar refractivity (Wildman–Crippen MR) is 69.9 cm³/mol. The third-order valence-electron chi connectivity index (χ3n) is 2.44. The molecule has 0 aliphatic rings. The number of benzene rings is 1. The van der Waals surface area contributed by atoms with Crippen molar-refractivity contribution in [2.24, 2.45) is 0 Å². The van der Waals surface area contributed by atoms with E-state index in [1.807, 2.05) is 30.3 Å². The van der Waals surface area contributed by atoms with Gasteiger partial charge in [0.2, 0.25) is 5.76 Å². The van der Waals surface area contributed by atoms with Crippen LogP contribution in [0.5, 0.6) is 5.75 Å². The van der Waals surface area contributed by atoms with Gasteiger partial charge in [-0.2, -0.15) is 0 Å². The van der Waals surface area contributed by atoms with Crippen LogP contribution in [0.2, 0.25) is 0 Å². The third-order valence-corrected chi connectivity index (χ3v) is 2.44. The lowest BCUT2D eigenvalue weighted by molar-refractivity contribution is 0.0659. The minimum Gasteiger partial charge on any atom is -0.492 e. The van der Waals surface area contributed by atoms with E-state index in [2.05, 4.69) is 5.32 Å². The van der Waals surface area contributed by atoms with Gasteiger partial charge in [-0.05, 0) is 24.3 Å². The lowest BCUT2D eigenvalue weighted by atomic mass is 10.3. The van der Waals surface area contributed by atoms with Gasteiger partial charge in [0, 0.05) is 0 Å². The van der Waals surface area contributed by atoms with Crippen LogP contribution >= 0.6 is 0 Å². The highest BCUT2D eigenvalue weighted by molar-refractivity contribution is 5.93. The number of carboxylic acids is 1. The summed E-state index contributed by atoms with van der Waals surface area (Å²) in [4.78, 5) is 22.2. The summed E-state index contributed by atoms with van der Waals surface area (Å²) in [6, 6.07) is 11.8. The summed E-state index contributed by atoms with van der Waals surface area (Å²) in [5.41, 5.74) is 0. The minimum absolute atomic E-state index is 0.0397. The first-order valence-corrected chi connectivity index (χ1v) is 5.96. The predicted octanol–water partition coefficient (Wildman–Crippen LogP) is 1.79. The molecule has 0 fully saturated rings. The number of carboxylic acid groups (broad SMARTS) is 1. The Labute approximate surface area is 115 Å². The number of hydrogen-bond donors (Lipinski definition) is 2. The third kappa shape index (κ3) is 3.61. The highest BCUT2D eigenvalue weighted by Gasteiger charge is 2.14. The maximum absolute atomic E-state index is 11.6. The molecular weight excluding hydrogens is 262 g/mol. The van der Waals surface area contributed by atoms with Crippen molar-refractivity contribution in [3.8, 4) is 5.75 Å². The molecule has 0 aliphatic heterocycles. The van der Waals surface area contributed by atoms with Crippen LogP contribution in [0.25, 0.3) is 0 Å². The van der Waals surface area contributed by atoms with Gasteiger partial charge in [0.15, 0.2) is 5.76 Å². The summed E-state index contributed by atoms with van der Waals surface area (Å²) in [6.07, 6.45) is 0. The molecule has 1 heterocycles. The normalized spacial score (nSPS) is 10.0. The molecule has 1 amide bonds. The summed E-state index contributed by atoms with van der Waals surface area (Å²) in [7, 11) is 0. The zero-order valence-corrected chi connectivity index (χ0v) is 10.5. The Balaban J connectivity index is 1.76. The fraction of sp³-hybridized carbons (Fsp3) is 0.143. The molecule has 2 aromatic rings. The largest absolute Gasteiger partial charge is 0.492 e. The van der Waals surface area contributed by atoms with Crippen molar-refractivity contribution in [1.29, 1.82) is 0 Å². The van der Waals surface area contributed by atoms with Gasteiger partial charge < -0.3 is 19.6 Å². The van der Waals surface area contributed by atoms with E-state index < -0.39 is 11.9 Å². The van der Waals surface area contributed by atoms with E-state index >= 15 is 0 Å². The molecule has 2 rings (SSSR count). The lowest BCUT2D eigenvalue weighted by Gasteiger charge is -2.06. The van der Waals surface area contributed by atoms with Crippen LogP contribution in [-0.2, 0) is 0 Å². The molecule has 0 bridgehead atoms. The number of ether oxygens (including phenoxy) is 1. The van der Waals surface area contributed by atoms with Gasteiger partial charge in [0.05, 0.1) is 6.54 Å². The smallest absolute Gasteiger partial charge is 0.371 e. The fourth-order valence-corrected chi connectivity index (χ4v) is 1.51. The van der Waals surface area contributed by atoms with E-state index in [9.17, 15) is 9.59 Å². The second-order valence-electron chi connectivity index (χ2n) is 3.89. The molecular formula is C14H13NO5. The number of carbonyl (C=O) groups is 2. The fourth-order valence-electron chi connectivity index (χ4n) is 1.51. The molecule has 0 unspecified atom stereocenters. The maximum Gasteiger partial charge on any atom is 0.371 e. The molecule has 104 valence electrons. The monoisotopic (exact) mass is 275 g/mol. The molecule has 1 aromatic heterocycles. The SMILES string of the molecule is O=C(O)c1ccc(C(=O)NCCOc2ccccc2)o1. The molecule has 0 saturated heterocycles. The number of carbonyl (C=O) groups excluding carboxylic acids is 1. The van der Waals surface area contributed by atoms with Crippen molar-refractivity contribution >= 4 is 11.9 Å². The Bertz CT molecular complexity index is 591. The van der Waals surface area contributed by atoms with Crippen LogP contribution in [-0.4, -0.2) is 30.1 Å². The number of hydrogen-bond acceptors (Lipinski definition) is 4. The second kappa shape index (κ2) is 6.42. The molecule has 0 radical (unpaired) electrons. The quantitative estimate of drug-likeness (QED) is 0.784. The van der Waals surface area contributed by atoms with E-state index in [1.54, 1.807) is 0 Å². The van der Waals surface area contributed by atoms with Crippen LogP contribution in [0.3, 0.4) is 0 Å². The van der Waals surface area contributed by atoms with E-state index in [-0.39, 0.29) is 18.1 Å². The summed E-state index contributed by atoms with van der Waals surface area (Å²) in [5, 5.41) is 11.2. The van der Waals surface area contributed by atoms with Crippen LogP contribution in [0.1, 0.15) is 21.1 Å². The van der Waals surface area contributed by atoms with E-state index in [1.165, 1.54) is 12.1 Å². The summed E-state index contributed by atoms with van der Waals surface area (Å²) in [6.45, 7) is 0.596. The van der Waals surface area contributed by atoms with Crippen molar-refractivity contribution in [2.45, 2.75) is 0 Å². The standard InChI is InChI=1S/C14H13NO5/c16-13(11-6-7-12(20-11)14(17)18)15-8-9-19-10-4-2-1-3-5-10/h1-7H,8-9H2,(H,15,16)(H,17,18). The van der Waals surface area contributed by atoms with Gasteiger partial charge in [-0.3, -0.25) is 4.79 Å². The van der Waals surface area contributed by atoms with Crippen molar-refractivity contribution < 1.29 is 23.8 Å². The average Bonchev–Trinajstić information content (AvgIpc) is 2.94. The number of furan rings is 1. The molecule has 0 saturated carbocycles. The summed E-state index contributed by atoms with van der Waals surface area (Å²) < 4.78 is 10.3. The van der Waals surface area contributed by atoms with Crippen LogP contribution in [0, 0.1) is 0 Å². The zero-order valence-electron chi connectivity index (χ0n) is 10.5. The molecule has 0 atom stereocenters. The lowest BCUT2D eigenvalue weighted by Crippen LogP contribution is -2.27.